The summed E-state index contributed by atoms with van der Waals surface area (Å²) in [4.78, 5) is 12.4. The molecule has 4 aliphatic rings. The van der Waals surface area contributed by atoms with Crippen molar-refractivity contribution in [3.63, 3.8) is 0 Å². The molecule has 4 nitrogen and oxygen atoms in total. The van der Waals surface area contributed by atoms with E-state index in [1.165, 1.54) is 44.1 Å². The number of nitrogens with one attached hydrogen (secondary N) is 1. The number of amides is 1. The number of carbonyl (C=O) groups is 1. The van der Waals surface area contributed by atoms with Gasteiger partial charge in [0.15, 0.2) is 0 Å². The van der Waals surface area contributed by atoms with Crippen molar-refractivity contribution in [1.82, 2.24) is 15.1 Å². The van der Waals surface area contributed by atoms with Gasteiger partial charge in [-0.3, -0.25) is 9.48 Å². The molecule has 4 fully saturated rings. The lowest BCUT2D eigenvalue weighted by Gasteiger charge is -2.56. The summed E-state index contributed by atoms with van der Waals surface area (Å²) in [5.41, 5.74) is 1.62. The Morgan fingerprint density at radius 2 is 1.91 bits per heavy atom. The van der Waals surface area contributed by atoms with E-state index >= 15 is 0 Å². The molecule has 23 heavy (non-hydrogen) atoms. The van der Waals surface area contributed by atoms with E-state index in [4.69, 9.17) is 0 Å². The van der Waals surface area contributed by atoms with Gasteiger partial charge in [0.1, 0.15) is 0 Å². The van der Waals surface area contributed by atoms with Crippen LogP contribution in [0.1, 0.15) is 56.9 Å². The number of nitrogens with zero attached hydrogens (tertiary/aromatic N) is 2. The first-order chi connectivity index (χ1) is 11.1. The summed E-state index contributed by atoms with van der Waals surface area (Å²) in [6.07, 6.45) is 15.1. The number of rotatable bonds is 6. The zero-order valence-electron chi connectivity index (χ0n) is 14.3. The molecule has 4 bridgehead atoms. The van der Waals surface area contributed by atoms with Gasteiger partial charge in [-0.15, -0.1) is 0 Å². The molecule has 1 amide bonds. The molecular formula is C19H29N3O. The first-order valence-corrected chi connectivity index (χ1v) is 9.34. The van der Waals surface area contributed by atoms with Crippen LogP contribution >= 0.6 is 0 Å². The van der Waals surface area contributed by atoms with Crippen LogP contribution in [0.25, 0.3) is 0 Å². The van der Waals surface area contributed by atoms with Crippen LogP contribution < -0.4 is 5.32 Å². The van der Waals surface area contributed by atoms with E-state index in [9.17, 15) is 4.79 Å². The lowest BCUT2D eigenvalue weighted by Crippen LogP contribution is -2.48. The summed E-state index contributed by atoms with van der Waals surface area (Å²) in [5.74, 6) is 3.08. The van der Waals surface area contributed by atoms with Crippen molar-refractivity contribution in [1.29, 1.82) is 0 Å². The van der Waals surface area contributed by atoms with Crippen molar-refractivity contribution in [2.24, 2.45) is 30.2 Å². The molecule has 0 atom stereocenters. The van der Waals surface area contributed by atoms with Gasteiger partial charge in [-0.2, -0.15) is 5.10 Å². The van der Waals surface area contributed by atoms with Gasteiger partial charge in [0.2, 0.25) is 5.91 Å². The largest absolute Gasteiger partial charge is 0.356 e. The van der Waals surface area contributed by atoms with Gasteiger partial charge < -0.3 is 5.32 Å². The van der Waals surface area contributed by atoms with Gasteiger partial charge in [-0.1, -0.05) is 0 Å². The summed E-state index contributed by atoms with van der Waals surface area (Å²) in [7, 11) is 1.94. The lowest BCUT2D eigenvalue weighted by molar-refractivity contribution is -0.129. The zero-order chi connectivity index (χ0) is 15.9. The highest BCUT2D eigenvalue weighted by molar-refractivity contribution is 5.76. The van der Waals surface area contributed by atoms with E-state index in [0.29, 0.717) is 5.41 Å². The monoisotopic (exact) mass is 315 g/mol. The minimum atomic E-state index is 0.290. The maximum Gasteiger partial charge on any atom is 0.220 e. The average Bonchev–Trinajstić information content (AvgIpc) is 2.87. The van der Waals surface area contributed by atoms with E-state index < -0.39 is 0 Å². The predicted octanol–water partition coefficient (Wildman–Crippen LogP) is 3.08. The van der Waals surface area contributed by atoms with Crippen LogP contribution in [-0.2, 0) is 18.3 Å². The van der Waals surface area contributed by atoms with Gasteiger partial charge in [-0.05, 0) is 80.1 Å². The third-order valence-electron chi connectivity index (χ3n) is 6.42. The third kappa shape index (κ3) is 3.31. The maximum atomic E-state index is 12.4. The molecule has 0 saturated heterocycles. The molecule has 0 aliphatic heterocycles. The average molecular weight is 315 g/mol. The lowest BCUT2D eigenvalue weighted by atomic mass is 9.49. The van der Waals surface area contributed by atoms with E-state index in [-0.39, 0.29) is 5.91 Å². The predicted molar refractivity (Wildman–Crippen MR) is 89.8 cm³/mol. The van der Waals surface area contributed by atoms with Gasteiger partial charge in [0, 0.05) is 26.2 Å². The SMILES string of the molecule is Cn1cc(CCCNC(=O)CC23CC4CC(CC(C4)C2)C3)cn1. The number of hydrogen-bond donors (Lipinski definition) is 1. The van der Waals surface area contributed by atoms with E-state index in [1.54, 1.807) is 0 Å². The molecule has 0 unspecified atom stereocenters. The second kappa shape index (κ2) is 5.95. The highest BCUT2D eigenvalue weighted by atomic mass is 16.1. The molecule has 1 heterocycles. The number of aromatic nitrogens is 2. The summed E-state index contributed by atoms with van der Waals surface area (Å²) < 4.78 is 1.83. The number of aryl methyl sites for hydroxylation is 2. The fourth-order valence-corrected chi connectivity index (χ4v) is 6.03. The molecule has 1 aromatic heterocycles. The summed E-state index contributed by atoms with van der Waals surface area (Å²) in [6.45, 7) is 0.792. The Balaban J connectivity index is 1.23. The van der Waals surface area contributed by atoms with E-state index in [0.717, 1.165) is 43.6 Å². The van der Waals surface area contributed by atoms with Crippen LogP contribution in [0.3, 0.4) is 0 Å². The van der Waals surface area contributed by atoms with Crippen molar-refractivity contribution < 1.29 is 4.79 Å². The Labute approximate surface area is 139 Å². The van der Waals surface area contributed by atoms with Crippen LogP contribution in [0, 0.1) is 23.2 Å². The molecule has 0 radical (unpaired) electrons. The fraction of sp³-hybridized carbons (Fsp3) is 0.789. The molecular weight excluding hydrogens is 286 g/mol. The summed E-state index contributed by atoms with van der Waals surface area (Å²) in [6, 6.07) is 0. The quantitative estimate of drug-likeness (QED) is 0.820. The van der Waals surface area contributed by atoms with Gasteiger partial charge in [0.25, 0.3) is 0 Å². The Morgan fingerprint density at radius 3 is 2.48 bits per heavy atom. The first kappa shape index (κ1) is 15.2. The van der Waals surface area contributed by atoms with Crippen LogP contribution in [-0.4, -0.2) is 22.2 Å². The maximum absolute atomic E-state index is 12.4. The number of hydrogen-bond acceptors (Lipinski definition) is 2. The third-order valence-corrected chi connectivity index (χ3v) is 6.42. The second-order valence-corrected chi connectivity index (χ2v) is 8.57. The second-order valence-electron chi connectivity index (χ2n) is 8.57. The minimum absolute atomic E-state index is 0.290. The Kier molecular flexibility index (Phi) is 3.94. The molecule has 4 heteroatoms. The van der Waals surface area contributed by atoms with Crippen LogP contribution in [0.15, 0.2) is 12.4 Å². The Bertz CT molecular complexity index is 542. The van der Waals surface area contributed by atoms with Crippen molar-refractivity contribution in [2.45, 2.75) is 57.8 Å². The normalized spacial score (nSPS) is 34.7. The standard InChI is InChI=1S/C19H29N3O/c1-22-13-14(12-21-22)3-2-4-20-18(23)11-19-8-15-5-16(9-19)7-17(6-15)10-19/h12-13,15-17H,2-11H2,1H3,(H,20,23). The minimum Gasteiger partial charge on any atom is -0.356 e. The molecule has 0 aromatic carbocycles. The van der Waals surface area contributed by atoms with Gasteiger partial charge in [-0.25, -0.2) is 0 Å². The van der Waals surface area contributed by atoms with Crippen molar-refractivity contribution in [3.05, 3.63) is 18.0 Å². The fourth-order valence-electron chi connectivity index (χ4n) is 6.03. The molecule has 4 aliphatic carbocycles. The van der Waals surface area contributed by atoms with Crippen molar-refractivity contribution in [2.75, 3.05) is 6.54 Å². The Hall–Kier alpha value is -1.32. The smallest absolute Gasteiger partial charge is 0.220 e. The van der Waals surface area contributed by atoms with E-state index in [2.05, 4.69) is 16.6 Å². The first-order valence-electron chi connectivity index (χ1n) is 9.34. The molecule has 5 rings (SSSR count). The van der Waals surface area contributed by atoms with Gasteiger partial charge in [0.05, 0.1) is 6.20 Å². The zero-order valence-corrected chi connectivity index (χ0v) is 14.3. The topological polar surface area (TPSA) is 46.9 Å². The van der Waals surface area contributed by atoms with Crippen molar-refractivity contribution >= 4 is 5.91 Å². The Morgan fingerprint density at radius 1 is 1.26 bits per heavy atom. The van der Waals surface area contributed by atoms with Crippen molar-refractivity contribution in [3.8, 4) is 0 Å². The van der Waals surface area contributed by atoms with Gasteiger partial charge >= 0.3 is 0 Å². The van der Waals surface area contributed by atoms with Crippen LogP contribution in [0.2, 0.25) is 0 Å². The summed E-state index contributed by atoms with van der Waals surface area (Å²) >= 11 is 0. The van der Waals surface area contributed by atoms with Crippen LogP contribution in [0.5, 0.6) is 0 Å². The van der Waals surface area contributed by atoms with E-state index in [1.807, 2.05) is 17.9 Å². The molecule has 0 spiro atoms. The highest BCUT2D eigenvalue weighted by Gasteiger charge is 2.51. The number of carbonyl (C=O) groups excluding carboxylic acids is 1. The molecule has 4 saturated carbocycles. The molecule has 1 N–H and O–H groups in total. The molecule has 1 aromatic rings. The highest BCUT2D eigenvalue weighted by Crippen LogP contribution is 2.61. The molecule has 126 valence electrons. The van der Waals surface area contributed by atoms with Crippen LogP contribution in [0.4, 0.5) is 0 Å². The summed E-state index contributed by atoms with van der Waals surface area (Å²) in [5, 5.41) is 7.35.